The summed E-state index contributed by atoms with van der Waals surface area (Å²) in [6, 6.07) is 7.77. The molecule has 1 aromatic carbocycles. The van der Waals surface area contributed by atoms with Crippen molar-refractivity contribution in [2.45, 2.75) is 6.54 Å². The lowest BCUT2D eigenvalue weighted by Gasteiger charge is -2.21. The number of ether oxygens (including phenoxy) is 3. The van der Waals surface area contributed by atoms with Gasteiger partial charge in [0.25, 0.3) is 0 Å². The summed E-state index contributed by atoms with van der Waals surface area (Å²) in [5, 5.41) is 0. The van der Waals surface area contributed by atoms with Crippen molar-refractivity contribution in [1.29, 1.82) is 0 Å². The average Bonchev–Trinajstić information content (AvgIpc) is 2.97. The molecule has 6 nitrogen and oxygen atoms in total. The van der Waals surface area contributed by atoms with Gasteiger partial charge >= 0.3 is 0 Å². The maximum Gasteiger partial charge on any atom is 0.203 e. The van der Waals surface area contributed by atoms with Gasteiger partial charge in [0, 0.05) is 6.20 Å². The summed E-state index contributed by atoms with van der Waals surface area (Å²) in [4.78, 5) is 8.74. The zero-order chi connectivity index (χ0) is 14.9. The summed E-state index contributed by atoms with van der Waals surface area (Å²) in [6.07, 6.45) is 3.56. The molecule has 0 amide bonds. The van der Waals surface area contributed by atoms with Crippen molar-refractivity contribution < 1.29 is 14.2 Å². The van der Waals surface area contributed by atoms with E-state index in [1.54, 1.807) is 19.6 Å². The number of imidazole rings is 1. The molecule has 0 radical (unpaired) electrons. The van der Waals surface area contributed by atoms with E-state index in [-0.39, 0.29) is 0 Å². The van der Waals surface area contributed by atoms with Crippen molar-refractivity contribution in [2.75, 3.05) is 20.3 Å². The molecule has 2 aromatic heterocycles. The van der Waals surface area contributed by atoms with Crippen molar-refractivity contribution >= 4 is 11.2 Å². The molecule has 0 N–H and O–H groups in total. The number of hydrogen-bond donors (Lipinski definition) is 0. The van der Waals surface area contributed by atoms with Crippen LogP contribution in [-0.2, 0) is 6.54 Å². The van der Waals surface area contributed by atoms with Crippen LogP contribution in [0.3, 0.4) is 0 Å². The van der Waals surface area contributed by atoms with Crippen molar-refractivity contribution in [3.8, 4) is 17.2 Å². The van der Waals surface area contributed by atoms with Gasteiger partial charge < -0.3 is 18.8 Å². The molecule has 3 aromatic rings. The zero-order valence-electron chi connectivity index (χ0n) is 12.2. The minimum atomic E-state index is 0.540. The number of aromatic nitrogens is 3. The topological polar surface area (TPSA) is 58.4 Å². The van der Waals surface area contributed by atoms with E-state index in [4.69, 9.17) is 14.2 Å². The van der Waals surface area contributed by atoms with E-state index in [1.165, 1.54) is 0 Å². The van der Waals surface area contributed by atoms with Crippen LogP contribution in [0.1, 0.15) is 5.56 Å². The molecule has 3 heterocycles. The fourth-order valence-electron chi connectivity index (χ4n) is 2.63. The Morgan fingerprint density at radius 2 is 2.14 bits per heavy atom. The highest BCUT2D eigenvalue weighted by Gasteiger charge is 2.18. The highest BCUT2D eigenvalue weighted by atomic mass is 16.6. The Hall–Kier alpha value is -2.76. The van der Waals surface area contributed by atoms with Gasteiger partial charge in [0.15, 0.2) is 17.1 Å². The molecule has 112 valence electrons. The van der Waals surface area contributed by atoms with Gasteiger partial charge in [-0.2, -0.15) is 0 Å². The van der Waals surface area contributed by atoms with Crippen molar-refractivity contribution in [3.05, 3.63) is 42.4 Å². The van der Waals surface area contributed by atoms with Crippen molar-refractivity contribution in [1.82, 2.24) is 14.5 Å². The van der Waals surface area contributed by atoms with Gasteiger partial charge in [-0.3, -0.25) is 0 Å². The van der Waals surface area contributed by atoms with E-state index in [1.807, 2.05) is 28.8 Å². The molecule has 22 heavy (non-hydrogen) atoms. The quantitative estimate of drug-likeness (QED) is 0.742. The van der Waals surface area contributed by atoms with Gasteiger partial charge in [0.2, 0.25) is 5.75 Å². The molecular weight excluding hydrogens is 282 g/mol. The molecule has 0 atom stereocenters. The number of benzene rings is 1. The second-order valence-electron chi connectivity index (χ2n) is 5.04. The summed E-state index contributed by atoms with van der Waals surface area (Å²) in [5.41, 5.74) is 2.79. The third-order valence-electron chi connectivity index (χ3n) is 3.62. The number of fused-ring (bicyclic) bond motifs is 2. The summed E-state index contributed by atoms with van der Waals surface area (Å²) < 4.78 is 18.7. The Morgan fingerprint density at radius 3 is 3.05 bits per heavy atom. The van der Waals surface area contributed by atoms with Crippen LogP contribution in [-0.4, -0.2) is 34.9 Å². The summed E-state index contributed by atoms with van der Waals surface area (Å²) in [6.45, 7) is 1.73. The molecule has 0 bridgehead atoms. The third-order valence-corrected chi connectivity index (χ3v) is 3.62. The van der Waals surface area contributed by atoms with Crippen LogP contribution in [0.4, 0.5) is 0 Å². The Kier molecular flexibility index (Phi) is 3.07. The maximum absolute atomic E-state index is 5.67. The van der Waals surface area contributed by atoms with Crippen LogP contribution in [0.5, 0.6) is 17.2 Å². The Balaban J connectivity index is 1.73. The van der Waals surface area contributed by atoms with Crippen LogP contribution < -0.4 is 14.2 Å². The minimum Gasteiger partial charge on any atom is -0.493 e. The molecule has 0 saturated carbocycles. The van der Waals surface area contributed by atoms with E-state index < -0.39 is 0 Å². The number of hydrogen-bond acceptors (Lipinski definition) is 5. The average molecular weight is 297 g/mol. The van der Waals surface area contributed by atoms with Gasteiger partial charge in [-0.15, -0.1) is 0 Å². The number of nitrogens with zero attached hydrogens (tertiary/aromatic N) is 3. The minimum absolute atomic E-state index is 0.540. The predicted molar refractivity (Wildman–Crippen MR) is 80.6 cm³/mol. The molecular formula is C16H15N3O3. The standard InChI is InChI=1S/C16H15N3O3/c1-20-13-7-11(8-14-15(13)22-6-5-21-14)9-19-10-18-12-3-2-4-17-16(12)19/h2-4,7-8,10H,5-6,9H2,1H3. The maximum atomic E-state index is 5.67. The lowest BCUT2D eigenvalue weighted by molar-refractivity contribution is 0.165. The van der Waals surface area contributed by atoms with Crippen LogP contribution in [0.15, 0.2) is 36.8 Å². The number of rotatable bonds is 3. The molecule has 1 aliphatic heterocycles. The lowest BCUT2D eigenvalue weighted by atomic mass is 10.1. The van der Waals surface area contributed by atoms with E-state index >= 15 is 0 Å². The normalized spacial score (nSPS) is 13.3. The van der Waals surface area contributed by atoms with Crippen LogP contribution in [0.2, 0.25) is 0 Å². The fourth-order valence-corrected chi connectivity index (χ4v) is 2.63. The molecule has 4 rings (SSSR count). The second kappa shape index (κ2) is 5.22. The van der Waals surface area contributed by atoms with Crippen molar-refractivity contribution in [2.24, 2.45) is 0 Å². The number of methoxy groups -OCH3 is 1. The molecule has 6 heteroatoms. The second-order valence-corrected chi connectivity index (χ2v) is 5.04. The van der Waals surface area contributed by atoms with E-state index in [0.29, 0.717) is 31.3 Å². The molecule has 0 saturated heterocycles. The Morgan fingerprint density at radius 1 is 1.23 bits per heavy atom. The highest BCUT2D eigenvalue weighted by Crippen LogP contribution is 2.40. The van der Waals surface area contributed by atoms with Gasteiger partial charge in [0.1, 0.15) is 18.7 Å². The first-order valence-electron chi connectivity index (χ1n) is 7.07. The molecule has 0 unspecified atom stereocenters. The lowest BCUT2D eigenvalue weighted by Crippen LogP contribution is -2.16. The first-order chi connectivity index (χ1) is 10.8. The molecule has 0 aliphatic carbocycles. The third kappa shape index (κ3) is 2.13. The smallest absolute Gasteiger partial charge is 0.203 e. The summed E-state index contributed by atoms with van der Waals surface area (Å²) in [7, 11) is 1.63. The first-order valence-corrected chi connectivity index (χ1v) is 7.07. The van der Waals surface area contributed by atoms with Gasteiger partial charge in [-0.1, -0.05) is 0 Å². The van der Waals surface area contributed by atoms with E-state index in [0.717, 1.165) is 22.5 Å². The van der Waals surface area contributed by atoms with Gasteiger partial charge in [0.05, 0.1) is 20.0 Å². The van der Waals surface area contributed by atoms with Gasteiger partial charge in [-0.05, 0) is 29.8 Å². The van der Waals surface area contributed by atoms with Crippen molar-refractivity contribution in [3.63, 3.8) is 0 Å². The van der Waals surface area contributed by atoms with E-state index in [2.05, 4.69) is 9.97 Å². The summed E-state index contributed by atoms with van der Waals surface area (Å²) >= 11 is 0. The molecule has 0 spiro atoms. The predicted octanol–water partition coefficient (Wildman–Crippen LogP) is 2.26. The number of pyridine rings is 1. The largest absolute Gasteiger partial charge is 0.493 e. The van der Waals surface area contributed by atoms with Crippen LogP contribution >= 0.6 is 0 Å². The zero-order valence-corrected chi connectivity index (χ0v) is 12.2. The fraction of sp³-hybridized carbons (Fsp3) is 0.250. The van der Waals surface area contributed by atoms with E-state index in [9.17, 15) is 0 Å². The SMILES string of the molecule is COc1cc(Cn2cnc3cccnc32)cc2c1OCCO2. The first kappa shape index (κ1) is 12.9. The Bertz CT molecular complexity index is 811. The Labute approximate surface area is 127 Å². The summed E-state index contributed by atoms with van der Waals surface area (Å²) in [5.74, 6) is 2.08. The highest BCUT2D eigenvalue weighted by molar-refractivity contribution is 5.70. The molecule has 0 fully saturated rings. The van der Waals surface area contributed by atoms with Gasteiger partial charge in [-0.25, -0.2) is 9.97 Å². The van der Waals surface area contributed by atoms with Crippen LogP contribution in [0, 0.1) is 0 Å². The molecule has 1 aliphatic rings. The monoisotopic (exact) mass is 297 g/mol. The van der Waals surface area contributed by atoms with Crippen LogP contribution in [0.25, 0.3) is 11.2 Å².